The van der Waals surface area contributed by atoms with Gasteiger partial charge in [0.25, 0.3) is 0 Å². The highest BCUT2D eigenvalue weighted by Crippen LogP contribution is 2.15. The third-order valence-corrected chi connectivity index (χ3v) is 2.50. The van der Waals surface area contributed by atoms with Crippen LogP contribution in [-0.4, -0.2) is 26.2 Å². The lowest BCUT2D eigenvalue weighted by Crippen LogP contribution is -1.95. The van der Waals surface area contributed by atoms with Crippen LogP contribution in [0.4, 0.5) is 0 Å². The molecule has 16 heavy (non-hydrogen) atoms. The summed E-state index contributed by atoms with van der Waals surface area (Å²) in [4.78, 5) is 18.5. The first-order chi connectivity index (χ1) is 7.75. The predicted molar refractivity (Wildman–Crippen MR) is 56.0 cm³/mol. The van der Waals surface area contributed by atoms with Crippen LogP contribution < -0.4 is 0 Å². The minimum Gasteiger partial charge on any atom is -0.481 e. The van der Waals surface area contributed by atoms with Gasteiger partial charge in [-0.05, 0) is 6.42 Å². The van der Waals surface area contributed by atoms with Gasteiger partial charge in [-0.1, -0.05) is 5.16 Å². The number of carboxylic acid groups (broad SMARTS) is 1. The number of nitrogens with zero attached hydrogens (tertiary/aromatic N) is 3. The molecule has 0 spiro atoms. The van der Waals surface area contributed by atoms with Gasteiger partial charge in [0.1, 0.15) is 5.69 Å². The maximum absolute atomic E-state index is 10.3. The highest BCUT2D eigenvalue weighted by molar-refractivity contribution is 7.07. The molecule has 0 aliphatic heterocycles. The van der Waals surface area contributed by atoms with Crippen molar-refractivity contribution < 1.29 is 14.4 Å². The molecule has 0 radical (unpaired) electrons. The van der Waals surface area contributed by atoms with Gasteiger partial charge in [-0.25, -0.2) is 4.98 Å². The number of carbonyl (C=O) groups is 1. The van der Waals surface area contributed by atoms with E-state index in [4.69, 9.17) is 9.63 Å². The Kier molecular flexibility index (Phi) is 3.25. The summed E-state index contributed by atoms with van der Waals surface area (Å²) in [7, 11) is 0. The van der Waals surface area contributed by atoms with E-state index in [0.29, 0.717) is 30.3 Å². The Hall–Kier alpha value is -1.76. The average molecular weight is 239 g/mol. The third-order valence-electron chi connectivity index (χ3n) is 1.91. The third kappa shape index (κ3) is 2.63. The Morgan fingerprint density at radius 2 is 2.44 bits per heavy atom. The van der Waals surface area contributed by atoms with Gasteiger partial charge < -0.3 is 9.63 Å². The number of carboxylic acids is 1. The molecule has 2 aromatic rings. The maximum atomic E-state index is 10.3. The van der Waals surface area contributed by atoms with Crippen LogP contribution >= 0.6 is 11.3 Å². The molecule has 2 heterocycles. The van der Waals surface area contributed by atoms with Crippen molar-refractivity contribution >= 4 is 17.3 Å². The van der Waals surface area contributed by atoms with E-state index in [-0.39, 0.29) is 6.42 Å². The van der Waals surface area contributed by atoms with Crippen molar-refractivity contribution in [3.63, 3.8) is 0 Å². The fourth-order valence-electron chi connectivity index (χ4n) is 1.17. The summed E-state index contributed by atoms with van der Waals surface area (Å²) in [6, 6.07) is 0. The summed E-state index contributed by atoms with van der Waals surface area (Å²) in [5, 5.41) is 14.1. The Morgan fingerprint density at radius 3 is 3.12 bits per heavy atom. The highest BCUT2D eigenvalue weighted by Gasteiger charge is 2.10. The number of hydrogen-bond acceptors (Lipinski definition) is 6. The average Bonchev–Trinajstić information content (AvgIpc) is 2.85. The summed E-state index contributed by atoms with van der Waals surface area (Å²) in [6.45, 7) is 0. The molecule has 2 rings (SSSR count). The fourth-order valence-corrected chi connectivity index (χ4v) is 1.70. The molecular formula is C9H9N3O3S. The van der Waals surface area contributed by atoms with E-state index in [1.165, 1.54) is 11.3 Å². The number of aromatic nitrogens is 3. The molecule has 0 saturated carbocycles. The molecule has 0 atom stereocenters. The van der Waals surface area contributed by atoms with Gasteiger partial charge in [0.15, 0.2) is 0 Å². The lowest BCUT2D eigenvalue weighted by molar-refractivity contribution is -0.137. The van der Waals surface area contributed by atoms with Crippen molar-refractivity contribution in [3.05, 3.63) is 16.8 Å². The van der Waals surface area contributed by atoms with Crippen molar-refractivity contribution in [1.29, 1.82) is 0 Å². The zero-order valence-electron chi connectivity index (χ0n) is 8.29. The lowest BCUT2D eigenvalue weighted by atomic mass is 10.2. The number of aliphatic carboxylic acids is 1. The van der Waals surface area contributed by atoms with E-state index < -0.39 is 5.97 Å². The minimum absolute atomic E-state index is 0.106. The van der Waals surface area contributed by atoms with Gasteiger partial charge in [0.2, 0.25) is 11.7 Å². The summed E-state index contributed by atoms with van der Waals surface area (Å²) < 4.78 is 4.98. The van der Waals surface area contributed by atoms with Crippen molar-refractivity contribution in [1.82, 2.24) is 15.1 Å². The van der Waals surface area contributed by atoms with Crippen molar-refractivity contribution in [2.45, 2.75) is 19.3 Å². The van der Waals surface area contributed by atoms with Gasteiger partial charge in [-0.3, -0.25) is 4.79 Å². The molecule has 84 valence electrons. The van der Waals surface area contributed by atoms with Crippen LogP contribution in [0.2, 0.25) is 0 Å². The zero-order valence-corrected chi connectivity index (χ0v) is 9.11. The van der Waals surface area contributed by atoms with E-state index in [0.717, 1.165) is 0 Å². The monoisotopic (exact) mass is 239 g/mol. The Balaban J connectivity index is 1.95. The smallest absolute Gasteiger partial charge is 0.303 e. The summed E-state index contributed by atoms with van der Waals surface area (Å²) in [6.07, 6.45) is 1.08. The molecule has 0 unspecified atom stereocenters. The number of aryl methyl sites for hydroxylation is 1. The molecule has 0 saturated heterocycles. The van der Waals surface area contributed by atoms with Crippen LogP contribution in [-0.2, 0) is 11.2 Å². The first kappa shape index (κ1) is 10.7. The molecular weight excluding hydrogens is 230 g/mol. The Morgan fingerprint density at radius 1 is 1.56 bits per heavy atom. The van der Waals surface area contributed by atoms with Crippen LogP contribution in [0.5, 0.6) is 0 Å². The van der Waals surface area contributed by atoms with E-state index >= 15 is 0 Å². The maximum Gasteiger partial charge on any atom is 0.303 e. The van der Waals surface area contributed by atoms with Crippen LogP contribution in [0, 0.1) is 0 Å². The first-order valence-corrected chi connectivity index (χ1v) is 5.63. The molecule has 6 nitrogen and oxygen atoms in total. The lowest BCUT2D eigenvalue weighted by Gasteiger charge is -1.90. The quantitative estimate of drug-likeness (QED) is 0.852. The Bertz CT molecular complexity index is 466. The van der Waals surface area contributed by atoms with Crippen molar-refractivity contribution in [3.8, 4) is 11.5 Å². The van der Waals surface area contributed by atoms with Gasteiger partial charge in [-0.2, -0.15) is 4.98 Å². The van der Waals surface area contributed by atoms with Crippen molar-refractivity contribution in [2.75, 3.05) is 0 Å². The fraction of sp³-hybridized carbons (Fsp3) is 0.333. The summed E-state index contributed by atoms with van der Waals surface area (Å²) in [5.41, 5.74) is 2.37. The van der Waals surface area contributed by atoms with E-state index in [1.807, 2.05) is 5.38 Å². The standard InChI is InChI=1S/C9H9N3O3S/c13-8(14)3-1-2-7-11-9(12-15-7)6-4-16-5-10-6/h4-5H,1-3H2,(H,13,14). The largest absolute Gasteiger partial charge is 0.481 e. The topological polar surface area (TPSA) is 89.1 Å². The predicted octanol–water partition coefficient (Wildman–Crippen LogP) is 1.60. The van der Waals surface area contributed by atoms with Crippen LogP contribution in [0.15, 0.2) is 15.4 Å². The van der Waals surface area contributed by atoms with Crippen LogP contribution in [0.3, 0.4) is 0 Å². The van der Waals surface area contributed by atoms with E-state index in [2.05, 4.69) is 15.1 Å². The molecule has 0 bridgehead atoms. The van der Waals surface area contributed by atoms with Gasteiger partial charge >= 0.3 is 5.97 Å². The second kappa shape index (κ2) is 4.84. The molecule has 0 aromatic carbocycles. The second-order valence-corrected chi connectivity index (χ2v) is 3.85. The Labute approximate surface area is 94.9 Å². The molecule has 1 N–H and O–H groups in total. The molecule has 0 amide bonds. The molecule has 0 fully saturated rings. The SMILES string of the molecule is O=C(O)CCCc1nc(-c2cscn2)no1. The normalized spacial score (nSPS) is 10.5. The van der Waals surface area contributed by atoms with Gasteiger partial charge in [0, 0.05) is 18.2 Å². The number of rotatable bonds is 5. The summed E-state index contributed by atoms with van der Waals surface area (Å²) >= 11 is 1.45. The zero-order chi connectivity index (χ0) is 11.4. The second-order valence-electron chi connectivity index (χ2n) is 3.13. The van der Waals surface area contributed by atoms with E-state index in [9.17, 15) is 4.79 Å². The van der Waals surface area contributed by atoms with Crippen LogP contribution in [0.25, 0.3) is 11.5 Å². The van der Waals surface area contributed by atoms with E-state index in [1.54, 1.807) is 5.51 Å². The molecule has 0 aliphatic carbocycles. The van der Waals surface area contributed by atoms with Gasteiger partial charge in [-0.15, -0.1) is 11.3 Å². The summed E-state index contributed by atoms with van der Waals surface area (Å²) in [5.74, 6) is 0.0788. The molecule has 0 aliphatic rings. The van der Waals surface area contributed by atoms with Crippen molar-refractivity contribution in [2.24, 2.45) is 0 Å². The minimum atomic E-state index is -0.820. The van der Waals surface area contributed by atoms with Gasteiger partial charge in [0.05, 0.1) is 5.51 Å². The number of thiazole rings is 1. The van der Waals surface area contributed by atoms with Crippen LogP contribution in [0.1, 0.15) is 18.7 Å². The number of hydrogen-bond donors (Lipinski definition) is 1. The molecule has 7 heteroatoms. The first-order valence-electron chi connectivity index (χ1n) is 4.68. The molecule has 2 aromatic heterocycles. The highest BCUT2D eigenvalue weighted by atomic mass is 32.1.